The minimum Gasteiger partial charge on any atom is -0.367 e. The Kier molecular flexibility index (Phi) is 4.69. The van der Waals surface area contributed by atoms with Crippen molar-refractivity contribution in [3.63, 3.8) is 0 Å². The Hall–Kier alpha value is 0.400. The Balaban J connectivity index is 2.04. The van der Waals surface area contributed by atoms with E-state index in [4.69, 9.17) is 4.74 Å². The molecule has 2 fully saturated rings. The molecule has 19 heavy (non-hydrogen) atoms. The summed E-state index contributed by atoms with van der Waals surface area (Å²) in [5, 5.41) is 1.15. The lowest BCUT2D eigenvalue weighted by atomic mass is 9.75. The lowest BCUT2D eigenvalue weighted by Crippen LogP contribution is -2.59. The molecule has 3 heteroatoms. The normalized spacial score (nSPS) is 30.2. The SMILES string of the molecule is CC1(C)CN(CC2(CBr)CCCCC2)CC(C)(C)O1. The van der Waals surface area contributed by atoms with Gasteiger partial charge in [-0.1, -0.05) is 35.2 Å². The van der Waals surface area contributed by atoms with Crippen molar-refractivity contribution in [3.8, 4) is 0 Å². The van der Waals surface area contributed by atoms with E-state index in [9.17, 15) is 0 Å². The fraction of sp³-hybridized carbons (Fsp3) is 1.00. The van der Waals surface area contributed by atoms with Crippen molar-refractivity contribution in [2.45, 2.75) is 71.0 Å². The van der Waals surface area contributed by atoms with Crippen LogP contribution in [0.5, 0.6) is 0 Å². The number of hydrogen-bond acceptors (Lipinski definition) is 2. The summed E-state index contributed by atoms with van der Waals surface area (Å²) in [7, 11) is 0. The highest BCUT2D eigenvalue weighted by atomic mass is 79.9. The molecule has 2 rings (SSSR count). The van der Waals surface area contributed by atoms with Crippen LogP contribution in [-0.2, 0) is 4.74 Å². The van der Waals surface area contributed by atoms with Gasteiger partial charge in [0.05, 0.1) is 11.2 Å². The van der Waals surface area contributed by atoms with E-state index in [1.54, 1.807) is 0 Å². The molecule has 1 heterocycles. The van der Waals surface area contributed by atoms with Crippen LogP contribution in [0.15, 0.2) is 0 Å². The summed E-state index contributed by atoms with van der Waals surface area (Å²) in [6.07, 6.45) is 7.01. The van der Waals surface area contributed by atoms with Gasteiger partial charge >= 0.3 is 0 Å². The zero-order valence-electron chi connectivity index (χ0n) is 13.1. The molecular formula is C16H30BrNO. The van der Waals surface area contributed by atoms with Gasteiger partial charge in [-0.15, -0.1) is 0 Å². The van der Waals surface area contributed by atoms with Crippen LogP contribution in [0.3, 0.4) is 0 Å². The maximum Gasteiger partial charge on any atom is 0.0760 e. The molecule has 0 atom stereocenters. The van der Waals surface area contributed by atoms with Gasteiger partial charge in [0, 0.05) is 25.0 Å². The summed E-state index contributed by atoms with van der Waals surface area (Å²) < 4.78 is 6.19. The first kappa shape index (κ1) is 15.8. The lowest BCUT2D eigenvalue weighted by Gasteiger charge is -2.50. The van der Waals surface area contributed by atoms with Gasteiger partial charge in [-0.25, -0.2) is 0 Å². The van der Waals surface area contributed by atoms with Gasteiger partial charge in [0.1, 0.15) is 0 Å². The molecule has 0 aromatic heterocycles. The molecule has 112 valence electrons. The van der Waals surface area contributed by atoms with E-state index in [1.807, 2.05) is 0 Å². The second kappa shape index (κ2) is 5.65. The summed E-state index contributed by atoms with van der Waals surface area (Å²) >= 11 is 3.79. The van der Waals surface area contributed by atoms with Crippen LogP contribution in [0.25, 0.3) is 0 Å². The van der Waals surface area contributed by atoms with Crippen molar-refractivity contribution in [1.82, 2.24) is 4.90 Å². The van der Waals surface area contributed by atoms with Gasteiger partial charge in [-0.05, 0) is 46.0 Å². The van der Waals surface area contributed by atoms with Crippen LogP contribution < -0.4 is 0 Å². The molecule has 0 unspecified atom stereocenters. The Morgan fingerprint density at radius 3 is 1.95 bits per heavy atom. The second-order valence-electron chi connectivity index (χ2n) is 7.96. The summed E-state index contributed by atoms with van der Waals surface area (Å²) in [5.41, 5.74) is 0.454. The monoisotopic (exact) mass is 331 g/mol. The summed E-state index contributed by atoms with van der Waals surface area (Å²) in [6, 6.07) is 0. The molecule has 1 saturated carbocycles. The third-order valence-corrected chi connectivity index (χ3v) is 5.71. The first-order valence-corrected chi connectivity index (χ1v) is 8.87. The predicted molar refractivity (Wildman–Crippen MR) is 85.0 cm³/mol. The molecule has 0 spiro atoms. The minimum absolute atomic E-state index is 0.0239. The van der Waals surface area contributed by atoms with Crippen LogP contribution >= 0.6 is 15.9 Å². The first-order valence-electron chi connectivity index (χ1n) is 7.75. The van der Waals surface area contributed by atoms with Gasteiger partial charge in [0.2, 0.25) is 0 Å². The lowest BCUT2D eigenvalue weighted by molar-refractivity contribution is -0.185. The van der Waals surface area contributed by atoms with Crippen molar-refractivity contribution < 1.29 is 4.74 Å². The van der Waals surface area contributed by atoms with E-state index in [-0.39, 0.29) is 11.2 Å². The van der Waals surface area contributed by atoms with Gasteiger partial charge in [0.15, 0.2) is 0 Å². The largest absolute Gasteiger partial charge is 0.367 e. The van der Waals surface area contributed by atoms with E-state index in [1.165, 1.54) is 38.6 Å². The Bertz CT molecular complexity index is 292. The second-order valence-corrected chi connectivity index (χ2v) is 8.52. The van der Waals surface area contributed by atoms with Crippen molar-refractivity contribution >= 4 is 15.9 Å². The fourth-order valence-electron chi connectivity index (χ4n) is 4.17. The molecule has 2 aliphatic rings. The quantitative estimate of drug-likeness (QED) is 0.718. The molecule has 0 N–H and O–H groups in total. The third kappa shape index (κ3) is 4.18. The standard InChI is InChI=1S/C16H30BrNO/c1-14(2)11-18(12-15(3,4)19-14)13-16(10-17)8-6-5-7-9-16/h5-13H2,1-4H3. The maximum absolute atomic E-state index is 6.19. The van der Waals surface area contributed by atoms with E-state index in [0.29, 0.717) is 5.41 Å². The van der Waals surface area contributed by atoms with Crippen LogP contribution in [0.2, 0.25) is 0 Å². The van der Waals surface area contributed by atoms with Gasteiger partial charge < -0.3 is 4.74 Å². The van der Waals surface area contributed by atoms with E-state index >= 15 is 0 Å². The fourth-order valence-corrected chi connectivity index (χ4v) is 4.91. The van der Waals surface area contributed by atoms with Gasteiger partial charge in [-0.2, -0.15) is 0 Å². The molecule has 1 saturated heterocycles. The van der Waals surface area contributed by atoms with Crippen molar-refractivity contribution in [3.05, 3.63) is 0 Å². The number of alkyl halides is 1. The maximum atomic E-state index is 6.19. The van der Waals surface area contributed by atoms with Crippen LogP contribution in [0.4, 0.5) is 0 Å². The predicted octanol–water partition coefficient (Wildman–Crippen LogP) is 4.22. The molecule has 1 aliphatic heterocycles. The topological polar surface area (TPSA) is 12.5 Å². The molecule has 1 aliphatic carbocycles. The van der Waals surface area contributed by atoms with Crippen LogP contribution in [0.1, 0.15) is 59.8 Å². The average molecular weight is 332 g/mol. The number of halogens is 1. The molecule has 0 bridgehead atoms. The minimum atomic E-state index is -0.0239. The summed E-state index contributed by atoms with van der Waals surface area (Å²) in [6.45, 7) is 12.3. The molecule has 0 radical (unpaired) electrons. The molecule has 0 amide bonds. The average Bonchev–Trinajstić information content (AvgIpc) is 2.25. The van der Waals surface area contributed by atoms with E-state index in [0.717, 1.165) is 18.4 Å². The molecule has 0 aromatic carbocycles. The Morgan fingerprint density at radius 2 is 1.47 bits per heavy atom. The summed E-state index contributed by atoms with van der Waals surface area (Å²) in [5.74, 6) is 0. The number of hydrogen-bond donors (Lipinski definition) is 0. The molecular weight excluding hydrogens is 302 g/mol. The van der Waals surface area contributed by atoms with E-state index < -0.39 is 0 Å². The van der Waals surface area contributed by atoms with Crippen LogP contribution in [-0.4, -0.2) is 41.1 Å². The van der Waals surface area contributed by atoms with Crippen molar-refractivity contribution in [2.24, 2.45) is 5.41 Å². The Labute approximate surface area is 127 Å². The molecule has 2 nitrogen and oxygen atoms in total. The highest BCUT2D eigenvalue weighted by molar-refractivity contribution is 9.09. The number of morpholine rings is 1. The highest BCUT2D eigenvalue weighted by Crippen LogP contribution is 2.40. The van der Waals surface area contributed by atoms with E-state index in [2.05, 4.69) is 48.5 Å². The van der Waals surface area contributed by atoms with Crippen molar-refractivity contribution in [1.29, 1.82) is 0 Å². The van der Waals surface area contributed by atoms with Crippen molar-refractivity contribution in [2.75, 3.05) is 25.0 Å². The number of rotatable bonds is 3. The zero-order chi connectivity index (χ0) is 14.1. The van der Waals surface area contributed by atoms with Crippen LogP contribution in [0, 0.1) is 5.41 Å². The number of ether oxygens (including phenoxy) is 1. The molecule has 0 aromatic rings. The zero-order valence-corrected chi connectivity index (χ0v) is 14.7. The first-order chi connectivity index (χ1) is 8.76. The van der Waals surface area contributed by atoms with Gasteiger partial charge in [-0.3, -0.25) is 4.90 Å². The summed E-state index contributed by atoms with van der Waals surface area (Å²) in [4.78, 5) is 2.65. The van der Waals surface area contributed by atoms with Gasteiger partial charge in [0.25, 0.3) is 0 Å². The highest BCUT2D eigenvalue weighted by Gasteiger charge is 2.41. The Morgan fingerprint density at radius 1 is 0.947 bits per heavy atom. The smallest absolute Gasteiger partial charge is 0.0760 e. The third-order valence-electron chi connectivity index (χ3n) is 4.52. The number of nitrogens with zero attached hydrogens (tertiary/aromatic N) is 1.